The molecule has 0 amide bonds. The van der Waals surface area contributed by atoms with Crippen LogP contribution < -0.4 is 0 Å². The van der Waals surface area contributed by atoms with E-state index in [1.54, 1.807) is 0 Å². The summed E-state index contributed by atoms with van der Waals surface area (Å²) in [5.41, 5.74) is 0. The van der Waals surface area contributed by atoms with E-state index in [1.165, 1.54) is 25.7 Å². The number of carboxylic acid groups (broad SMARTS) is 3. The maximum atomic E-state index is 12.4. The Morgan fingerprint density at radius 1 is 0.606 bits per heavy atom. The fourth-order valence-corrected chi connectivity index (χ4v) is 4.98. The van der Waals surface area contributed by atoms with Gasteiger partial charge in [-0.1, -0.05) is 65.9 Å². The molecule has 0 aliphatic carbocycles. The Morgan fingerprint density at radius 2 is 1.00 bits per heavy atom. The lowest BCUT2D eigenvalue weighted by Crippen LogP contribution is -2.72. The normalized spacial score (nSPS) is 16.2. The number of aliphatic carboxylic acids is 3. The number of carboxylic acids is 3. The standard InChI is InChI=1S/C26H47NO6/c1-5-9-10-11-12-13-14-15-16-20-27(21(17-6-2)24(28)29,22(18-7-3)25(30)31)23(19-8-4)26(32)33/h15-16,21-23H,5-14,17-20H2,1-4H3,(H2-,28,29,30,31,32,33)/p+1. The largest absolute Gasteiger partial charge is 0.477 e. The summed E-state index contributed by atoms with van der Waals surface area (Å²) >= 11 is 0. The van der Waals surface area contributed by atoms with Gasteiger partial charge in [-0.05, 0) is 38.2 Å². The first kappa shape index (κ1) is 31.1. The van der Waals surface area contributed by atoms with Gasteiger partial charge in [0, 0.05) is 19.3 Å². The molecule has 3 atom stereocenters. The minimum absolute atomic E-state index is 0.0980. The van der Waals surface area contributed by atoms with Crippen molar-refractivity contribution in [1.82, 2.24) is 0 Å². The molecule has 0 saturated heterocycles. The van der Waals surface area contributed by atoms with E-state index in [2.05, 4.69) is 6.92 Å². The van der Waals surface area contributed by atoms with E-state index in [0.29, 0.717) is 19.3 Å². The predicted molar refractivity (Wildman–Crippen MR) is 131 cm³/mol. The summed E-state index contributed by atoms with van der Waals surface area (Å²) in [4.78, 5) is 37.3. The van der Waals surface area contributed by atoms with Crippen molar-refractivity contribution >= 4 is 17.9 Å². The summed E-state index contributed by atoms with van der Waals surface area (Å²) in [6.07, 6.45) is 14.0. The second kappa shape index (κ2) is 17.6. The van der Waals surface area contributed by atoms with Gasteiger partial charge in [-0.2, -0.15) is 0 Å². The zero-order valence-corrected chi connectivity index (χ0v) is 21.3. The Balaban J connectivity index is 6.15. The average Bonchev–Trinajstić information content (AvgIpc) is 2.76. The Morgan fingerprint density at radius 3 is 1.36 bits per heavy atom. The third-order valence-corrected chi connectivity index (χ3v) is 6.59. The van der Waals surface area contributed by atoms with Crippen molar-refractivity contribution in [2.45, 2.75) is 129 Å². The van der Waals surface area contributed by atoms with Crippen LogP contribution >= 0.6 is 0 Å². The quantitative estimate of drug-likeness (QED) is 0.110. The SMILES string of the molecule is CCCCCCCCC=CC[N+](C(CCC)C(=O)O)(C(CCC)C(=O)O)C(CCC)C(=O)O. The van der Waals surface area contributed by atoms with Gasteiger partial charge in [0.1, 0.15) is 0 Å². The molecule has 3 unspecified atom stereocenters. The summed E-state index contributed by atoms with van der Waals surface area (Å²) in [5, 5.41) is 30.5. The molecule has 0 rings (SSSR count). The third kappa shape index (κ3) is 9.86. The second-order valence-electron chi connectivity index (χ2n) is 9.13. The Bertz CT molecular complexity index is 544. The number of allylic oxidation sites excluding steroid dienone is 1. The van der Waals surface area contributed by atoms with Crippen molar-refractivity contribution in [2.24, 2.45) is 0 Å². The molecule has 0 aliphatic heterocycles. The Hall–Kier alpha value is -1.89. The van der Waals surface area contributed by atoms with Gasteiger partial charge < -0.3 is 15.3 Å². The summed E-state index contributed by atoms with van der Waals surface area (Å²) in [6, 6.07) is -3.27. The number of rotatable bonds is 21. The van der Waals surface area contributed by atoms with Crippen LogP contribution in [0.3, 0.4) is 0 Å². The molecule has 192 valence electrons. The average molecular weight is 471 g/mol. The summed E-state index contributed by atoms with van der Waals surface area (Å²) < 4.78 is -0.456. The van der Waals surface area contributed by atoms with Crippen molar-refractivity contribution in [3.63, 3.8) is 0 Å². The van der Waals surface area contributed by atoms with Gasteiger partial charge in [0.15, 0.2) is 18.1 Å². The van der Waals surface area contributed by atoms with Gasteiger partial charge in [0.2, 0.25) is 0 Å². The predicted octanol–water partition coefficient (Wildman–Crippen LogP) is 5.87. The molecule has 33 heavy (non-hydrogen) atoms. The zero-order valence-electron chi connectivity index (χ0n) is 21.3. The lowest BCUT2D eigenvalue weighted by Gasteiger charge is -2.49. The van der Waals surface area contributed by atoms with Gasteiger partial charge in [0.05, 0.1) is 6.54 Å². The molecule has 0 spiro atoms. The van der Waals surface area contributed by atoms with E-state index in [4.69, 9.17) is 0 Å². The number of quaternary nitrogens is 1. The van der Waals surface area contributed by atoms with Crippen LogP contribution in [0.25, 0.3) is 0 Å². The summed E-state index contributed by atoms with van der Waals surface area (Å²) in [6.45, 7) is 7.83. The first-order valence-corrected chi connectivity index (χ1v) is 12.9. The lowest BCUT2D eigenvalue weighted by molar-refractivity contribution is -0.968. The van der Waals surface area contributed by atoms with Crippen LogP contribution in [0.2, 0.25) is 0 Å². The molecule has 0 radical (unpaired) electrons. The maximum absolute atomic E-state index is 12.4. The molecule has 0 heterocycles. The first-order chi connectivity index (χ1) is 15.7. The van der Waals surface area contributed by atoms with Gasteiger partial charge in [-0.25, -0.2) is 14.4 Å². The molecule has 0 aromatic carbocycles. The van der Waals surface area contributed by atoms with Crippen LogP contribution in [0.5, 0.6) is 0 Å². The molecule has 7 heteroatoms. The smallest absolute Gasteiger partial charge is 0.362 e. The van der Waals surface area contributed by atoms with Crippen LogP contribution in [0, 0.1) is 0 Å². The van der Waals surface area contributed by atoms with Crippen LogP contribution in [0.4, 0.5) is 0 Å². The highest BCUT2D eigenvalue weighted by atomic mass is 16.4. The third-order valence-electron chi connectivity index (χ3n) is 6.59. The Labute approximate surface area is 200 Å². The second-order valence-corrected chi connectivity index (χ2v) is 9.13. The zero-order chi connectivity index (χ0) is 25.3. The molecule has 7 nitrogen and oxygen atoms in total. The van der Waals surface area contributed by atoms with Gasteiger partial charge in [-0.3, -0.25) is 4.48 Å². The highest BCUT2D eigenvalue weighted by Gasteiger charge is 2.56. The van der Waals surface area contributed by atoms with Gasteiger partial charge in [0.25, 0.3) is 0 Å². The molecule has 0 fully saturated rings. The molecule has 3 N–H and O–H groups in total. The molecular formula is C26H48NO6+. The molecule has 0 aliphatic rings. The number of hydrogen-bond acceptors (Lipinski definition) is 3. The number of unbranched alkanes of at least 4 members (excludes halogenated alkanes) is 6. The van der Waals surface area contributed by atoms with Crippen LogP contribution in [-0.4, -0.2) is 62.4 Å². The topological polar surface area (TPSA) is 112 Å². The lowest BCUT2D eigenvalue weighted by atomic mass is 9.92. The number of hydrogen-bond donors (Lipinski definition) is 3. The number of nitrogens with zero attached hydrogens (tertiary/aromatic N) is 1. The molecule has 0 aromatic heterocycles. The van der Waals surface area contributed by atoms with Gasteiger partial charge >= 0.3 is 17.9 Å². The van der Waals surface area contributed by atoms with Crippen molar-refractivity contribution in [1.29, 1.82) is 0 Å². The maximum Gasteiger partial charge on any atom is 0.362 e. The Kier molecular flexibility index (Phi) is 16.6. The molecule has 0 saturated carbocycles. The van der Waals surface area contributed by atoms with Crippen LogP contribution in [0.15, 0.2) is 12.2 Å². The fraction of sp³-hybridized carbons (Fsp3) is 0.808. The monoisotopic (exact) mass is 470 g/mol. The summed E-state index contributed by atoms with van der Waals surface area (Å²) in [7, 11) is 0. The van der Waals surface area contributed by atoms with Crippen LogP contribution in [-0.2, 0) is 14.4 Å². The van der Waals surface area contributed by atoms with E-state index in [0.717, 1.165) is 19.3 Å². The molecule has 0 aromatic rings. The molecule has 0 bridgehead atoms. The van der Waals surface area contributed by atoms with Crippen LogP contribution in [0.1, 0.15) is 111 Å². The minimum atomic E-state index is -1.12. The van der Waals surface area contributed by atoms with E-state index >= 15 is 0 Å². The van der Waals surface area contributed by atoms with Crippen molar-refractivity contribution in [3.8, 4) is 0 Å². The number of carbonyl (C=O) groups is 3. The first-order valence-electron chi connectivity index (χ1n) is 12.9. The van der Waals surface area contributed by atoms with E-state index < -0.39 is 40.5 Å². The van der Waals surface area contributed by atoms with Crippen molar-refractivity contribution in [3.05, 3.63) is 12.2 Å². The highest BCUT2D eigenvalue weighted by Crippen LogP contribution is 2.33. The highest BCUT2D eigenvalue weighted by molar-refractivity contribution is 5.78. The van der Waals surface area contributed by atoms with E-state index in [-0.39, 0.29) is 25.8 Å². The van der Waals surface area contributed by atoms with Crippen molar-refractivity contribution < 1.29 is 34.2 Å². The van der Waals surface area contributed by atoms with Crippen molar-refractivity contribution in [2.75, 3.05) is 6.54 Å². The molecular weight excluding hydrogens is 422 g/mol. The summed E-state index contributed by atoms with van der Waals surface area (Å²) in [5.74, 6) is -3.36. The van der Waals surface area contributed by atoms with Gasteiger partial charge in [-0.15, -0.1) is 0 Å². The van der Waals surface area contributed by atoms with E-state index in [1.807, 2.05) is 32.9 Å². The van der Waals surface area contributed by atoms with E-state index in [9.17, 15) is 29.7 Å². The minimum Gasteiger partial charge on any atom is -0.477 e. The fourth-order valence-electron chi connectivity index (χ4n) is 4.98.